The third-order valence-electron chi connectivity index (χ3n) is 7.33. The molecule has 2 unspecified atom stereocenters. The Kier molecular flexibility index (Phi) is 16.3. The minimum absolute atomic E-state index is 0.153. The van der Waals surface area contributed by atoms with Gasteiger partial charge < -0.3 is 30.7 Å². The Labute approximate surface area is 271 Å². The molecule has 0 bridgehead atoms. The van der Waals surface area contributed by atoms with Gasteiger partial charge in [0, 0.05) is 17.8 Å². The van der Waals surface area contributed by atoms with Crippen molar-refractivity contribution < 1.29 is 19.6 Å². The first-order chi connectivity index (χ1) is 21.6. The van der Waals surface area contributed by atoms with Crippen molar-refractivity contribution in [3.8, 4) is 16.9 Å². The lowest BCUT2D eigenvalue weighted by molar-refractivity contribution is -0.121. The van der Waals surface area contributed by atoms with E-state index in [1.165, 1.54) is 17.5 Å². The van der Waals surface area contributed by atoms with Crippen molar-refractivity contribution in [2.75, 3.05) is 19.0 Å². The maximum atomic E-state index is 13.7. The summed E-state index contributed by atoms with van der Waals surface area (Å²) >= 11 is 0. The average Bonchev–Trinajstić information content (AvgIpc) is 3.03. The van der Waals surface area contributed by atoms with Gasteiger partial charge in [0.1, 0.15) is 11.8 Å². The van der Waals surface area contributed by atoms with Gasteiger partial charge in [-0.1, -0.05) is 103 Å². The molecule has 0 saturated carbocycles. The van der Waals surface area contributed by atoms with Gasteiger partial charge in [-0.3, -0.25) is 4.79 Å². The summed E-state index contributed by atoms with van der Waals surface area (Å²) in [6.07, 6.45) is 3.99. The second-order valence-corrected chi connectivity index (χ2v) is 11.8. The molecule has 5 N–H and O–H groups in total. The van der Waals surface area contributed by atoms with Crippen molar-refractivity contribution >= 4 is 18.7 Å². The Morgan fingerprint density at radius 2 is 1.60 bits per heavy atom. The zero-order valence-corrected chi connectivity index (χ0v) is 28.3. The molecule has 8 heteroatoms. The number of aryl methyl sites for hydroxylation is 1. The number of rotatable bonds is 16. The number of carbonyl (C=O) groups is 1. The summed E-state index contributed by atoms with van der Waals surface area (Å²) in [6, 6.07) is 21.8. The van der Waals surface area contributed by atoms with Gasteiger partial charge in [-0.2, -0.15) is 0 Å². The highest BCUT2D eigenvalue weighted by Crippen LogP contribution is 2.28. The monoisotopic (exact) mass is 615 g/mol. The van der Waals surface area contributed by atoms with Crippen LogP contribution in [-0.4, -0.2) is 48.7 Å². The predicted octanol–water partition coefficient (Wildman–Crippen LogP) is 6.57. The van der Waals surface area contributed by atoms with Crippen LogP contribution in [0.3, 0.4) is 0 Å². The van der Waals surface area contributed by atoms with Crippen LogP contribution in [0.4, 0.5) is 5.69 Å². The molecule has 3 aromatic rings. The van der Waals surface area contributed by atoms with Crippen molar-refractivity contribution in [1.82, 2.24) is 10.6 Å². The van der Waals surface area contributed by atoms with Crippen LogP contribution < -0.4 is 20.7 Å². The molecule has 3 aromatic carbocycles. The highest BCUT2D eigenvalue weighted by atomic mass is 16.5. The van der Waals surface area contributed by atoms with E-state index in [-0.39, 0.29) is 18.4 Å². The number of benzene rings is 3. The maximum absolute atomic E-state index is 13.7. The van der Waals surface area contributed by atoms with E-state index in [0.29, 0.717) is 18.5 Å². The summed E-state index contributed by atoms with van der Waals surface area (Å²) in [7, 11) is 0.156. The van der Waals surface area contributed by atoms with E-state index in [1.54, 1.807) is 7.11 Å². The third kappa shape index (κ3) is 12.3. The van der Waals surface area contributed by atoms with Gasteiger partial charge in [-0.05, 0) is 71.2 Å². The van der Waals surface area contributed by atoms with Gasteiger partial charge in [0.25, 0.3) is 0 Å². The maximum Gasteiger partial charge on any atom is 0.475 e. The van der Waals surface area contributed by atoms with Gasteiger partial charge in [-0.25, -0.2) is 0 Å². The molecule has 0 aliphatic heterocycles. The summed E-state index contributed by atoms with van der Waals surface area (Å²) < 4.78 is 5.73. The number of methoxy groups -OCH3 is 1. The second kappa shape index (κ2) is 19.6. The van der Waals surface area contributed by atoms with E-state index in [2.05, 4.69) is 74.5 Å². The summed E-state index contributed by atoms with van der Waals surface area (Å²) in [4.78, 5) is 13.7. The van der Waals surface area contributed by atoms with E-state index >= 15 is 0 Å². The number of ether oxygens (including phenoxy) is 1. The number of nitrogens with one attached hydrogen (secondary N) is 3. The smallest absolute Gasteiger partial charge is 0.475 e. The van der Waals surface area contributed by atoms with Gasteiger partial charge in [0.05, 0.1) is 19.6 Å². The molecule has 0 fully saturated rings. The molecule has 45 heavy (non-hydrogen) atoms. The lowest BCUT2D eigenvalue weighted by Gasteiger charge is -2.24. The number of hydrogen-bond acceptors (Lipinski definition) is 6. The summed E-state index contributed by atoms with van der Waals surface area (Å²) in [5.41, 5.74) is 6.91. The summed E-state index contributed by atoms with van der Waals surface area (Å²) in [6.45, 7) is 16.7. The van der Waals surface area contributed by atoms with Crippen molar-refractivity contribution in [3.63, 3.8) is 0 Å². The Balaban J connectivity index is 0.00000226. The molecule has 7 nitrogen and oxygen atoms in total. The minimum atomic E-state index is -1.53. The van der Waals surface area contributed by atoms with Crippen LogP contribution in [0.2, 0.25) is 0 Å². The number of amides is 1. The van der Waals surface area contributed by atoms with Crippen molar-refractivity contribution in [3.05, 3.63) is 95.7 Å². The van der Waals surface area contributed by atoms with Crippen LogP contribution in [0.15, 0.2) is 79.0 Å². The largest absolute Gasteiger partial charge is 0.496 e. The second-order valence-electron chi connectivity index (χ2n) is 11.8. The molecule has 0 heterocycles. The van der Waals surface area contributed by atoms with Crippen LogP contribution in [0.25, 0.3) is 11.1 Å². The molecule has 1 amide bonds. The van der Waals surface area contributed by atoms with Gasteiger partial charge >= 0.3 is 7.12 Å². The molecule has 244 valence electrons. The Morgan fingerprint density at radius 1 is 0.933 bits per heavy atom. The Morgan fingerprint density at radius 3 is 2.18 bits per heavy atom. The van der Waals surface area contributed by atoms with E-state index in [4.69, 9.17) is 4.74 Å². The number of anilines is 1. The van der Waals surface area contributed by atoms with E-state index in [1.807, 2.05) is 56.3 Å². The first kappa shape index (κ1) is 37.4. The topological polar surface area (TPSA) is 103 Å². The van der Waals surface area contributed by atoms with Gasteiger partial charge in [0.15, 0.2) is 0 Å². The SMILES string of the molecule is C=C(CNC(=O)C(Cc1cc(CC)c(CC)c(OC)c1)Nc1cccc(-c2ccccc2)c1)NC(CC(C)C)B(O)O.CCC. The molecule has 0 radical (unpaired) electrons. The summed E-state index contributed by atoms with van der Waals surface area (Å²) in [5.74, 6) is 0.343. The lowest BCUT2D eigenvalue weighted by atomic mass is 9.75. The molecule has 0 saturated heterocycles. The molecule has 0 spiro atoms. The van der Waals surface area contributed by atoms with Crippen molar-refractivity contribution in [2.45, 2.75) is 85.6 Å². The van der Waals surface area contributed by atoms with Crippen LogP contribution in [0, 0.1) is 5.92 Å². The minimum Gasteiger partial charge on any atom is -0.496 e. The summed E-state index contributed by atoms with van der Waals surface area (Å²) in [5, 5.41) is 29.1. The van der Waals surface area contributed by atoms with E-state index in [0.717, 1.165) is 41.0 Å². The highest BCUT2D eigenvalue weighted by Gasteiger charge is 2.25. The van der Waals surface area contributed by atoms with E-state index < -0.39 is 19.1 Å². The fourth-order valence-electron chi connectivity index (χ4n) is 5.24. The zero-order valence-electron chi connectivity index (χ0n) is 28.3. The Bertz CT molecular complexity index is 1310. The number of hydrogen-bond donors (Lipinski definition) is 5. The van der Waals surface area contributed by atoms with Crippen LogP contribution >= 0.6 is 0 Å². The molecule has 3 rings (SSSR count). The predicted molar refractivity (Wildman–Crippen MR) is 189 cm³/mol. The normalized spacial score (nSPS) is 12.0. The molecule has 2 atom stereocenters. The molecule has 0 aliphatic carbocycles. The zero-order chi connectivity index (χ0) is 33.4. The standard InChI is InChI=1S/C34H46BN3O4.C3H8/c1-7-26-18-25(20-32(42-6)30(26)8-2)19-31(34(39)36-22-24(5)37-33(35(40)41)17-23(3)4)38-29-16-12-15-28(21-29)27-13-10-9-11-14-27;1-3-2/h9-16,18,20-21,23,31,33,37-38,40-41H,5,7-8,17,19,22H2,1-4,6H3,(H,36,39);3H2,1-2H3. The van der Waals surface area contributed by atoms with Crippen LogP contribution in [-0.2, 0) is 24.1 Å². The molecular weight excluding hydrogens is 561 g/mol. The number of carbonyl (C=O) groups excluding carboxylic acids is 1. The Hall–Kier alpha value is -3.75. The highest BCUT2D eigenvalue weighted by molar-refractivity contribution is 6.43. The first-order valence-electron chi connectivity index (χ1n) is 16.2. The molecular formula is C37H54BN3O4. The fraction of sp³-hybridized carbons (Fsp3) is 0.432. The van der Waals surface area contributed by atoms with Crippen LogP contribution in [0.1, 0.15) is 71.1 Å². The van der Waals surface area contributed by atoms with E-state index in [9.17, 15) is 14.8 Å². The molecule has 0 aliphatic rings. The quantitative estimate of drug-likeness (QED) is 0.117. The van der Waals surface area contributed by atoms with Crippen molar-refractivity contribution in [1.29, 1.82) is 0 Å². The average molecular weight is 616 g/mol. The molecule has 0 aromatic heterocycles. The van der Waals surface area contributed by atoms with Crippen molar-refractivity contribution in [2.24, 2.45) is 5.92 Å². The fourth-order valence-corrected chi connectivity index (χ4v) is 5.24. The lowest BCUT2D eigenvalue weighted by Crippen LogP contribution is -2.47. The van der Waals surface area contributed by atoms with Gasteiger partial charge in [0.2, 0.25) is 5.91 Å². The third-order valence-corrected chi connectivity index (χ3v) is 7.33. The van der Waals surface area contributed by atoms with Gasteiger partial charge in [-0.15, -0.1) is 0 Å². The van der Waals surface area contributed by atoms with Crippen LogP contribution in [0.5, 0.6) is 5.75 Å². The first-order valence-corrected chi connectivity index (χ1v) is 16.2.